The quantitative estimate of drug-likeness (QED) is 0.289. The summed E-state index contributed by atoms with van der Waals surface area (Å²) in [7, 11) is 0. The molecule has 0 bridgehead atoms. The van der Waals surface area contributed by atoms with Crippen LogP contribution in [0, 0.1) is 30.3 Å². The molecule has 0 radical (unpaired) electrons. The summed E-state index contributed by atoms with van der Waals surface area (Å²) >= 11 is 0. The largest absolute Gasteiger partial charge is 1.00 e. The Kier molecular flexibility index (Phi) is 5.35. The van der Waals surface area contributed by atoms with E-state index in [1.54, 1.807) is 0 Å². The molecule has 0 saturated carbocycles. The first-order valence-electron chi connectivity index (χ1n) is 3.06. The van der Waals surface area contributed by atoms with Crippen LogP contribution in [0.1, 0.15) is 5.82 Å². The van der Waals surface area contributed by atoms with E-state index in [4.69, 9.17) is 0 Å². The molecule has 1 aromatic heterocycles. The van der Waals surface area contributed by atoms with Gasteiger partial charge in [0.15, 0.2) is 14.8 Å². The average molecular weight is 351 g/mol. The molecule has 0 aliphatic heterocycles. The second-order valence-electron chi connectivity index (χ2n) is 2.11. The maximum absolute atomic E-state index is 10.4. The minimum Gasteiger partial charge on any atom is -0.315 e. The molecule has 1 rings (SSSR count). The molecule has 1 heterocycles. The van der Waals surface area contributed by atoms with Gasteiger partial charge >= 0.3 is 74.7 Å². The second-order valence-corrected chi connectivity index (χ2v) is 2.11. The molecule has 0 N–H and O–H groups in total. The summed E-state index contributed by atoms with van der Waals surface area (Å²) in [6.45, 7) is 0. The predicted molar refractivity (Wildman–Crippen MR) is 35.8 cm³/mol. The van der Waals surface area contributed by atoms with Crippen molar-refractivity contribution in [3.05, 3.63) is 36.2 Å². The van der Waals surface area contributed by atoms with Crippen LogP contribution in [-0.2, 0) is 5.79 Å². The zero-order chi connectivity index (χ0) is 11.6. The Bertz CT molecular complexity index is 378. The molecule has 0 saturated heterocycles. The van der Waals surface area contributed by atoms with Crippen molar-refractivity contribution in [1.29, 1.82) is 0 Å². The summed E-state index contributed by atoms with van der Waals surface area (Å²) in [6.07, 6.45) is 0. The Labute approximate surface area is 144 Å². The molecule has 0 spiro atoms. The average Bonchev–Trinajstić information content (AvgIpc) is 2.55. The normalized spacial score (nSPS) is 10.2. The summed E-state index contributed by atoms with van der Waals surface area (Å²) < 4.78 is 0. The van der Waals surface area contributed by atoms with Crippen molar-refractivity contribution in [2.45, 2.75) is 5.79 Å². The van der Waals surface area contributed by atoms with Crippen molar-refractivity contribution in [3.8, 4) is 0 Å². The Balaban J connectivity index is 0.00000225. The molecule has 13 nitrogen and oxygen atoms in total. The van der Waals surface area contributed by atoms with Crippen LogP contribution in [0.3, 0.4) is 0 Å². The summed E-state index contributed by atoms with van der Waals surface area (Å²) in [4.78, 5) is 26.0. The van der Waals surface area contributed by atoms with Crippen molar-refractivity contribution < 1.29 is 83.7 Å². The maximum Gasteiger partial charge on any atom is 1.00 e. The molecule has 80 valence electrons. The van der Waals surface area contributed by atoms with E-state index in [0.717, 1.165) is 0 Å². The summed E-state index contributed by atoms with van der Waals surface area (Å²) in [5.41, 5.74) is 0. The molecule has 0 aliphatic carbocycles. The number of hydrogen-bond donors (Lipinski definition) is 0. The van der Waals surface area contributed by atoms with Gasteiger partial charge < -0.3 is 5.10 Å². The number of rotatable bonds is 4. The van der Waals surface area contributed by atoms with E-state index in [0.29, 0.717) is 0 Å². The predicted octanol–water partition coefficient (Wildman–Crippen LogP) is -5.23. The van der Waals surface area contributed by atoms with Crippen molar-refractivity contribution in [3.63, 3.8) is 0 Å². The van der Waals surface area contributed by atoms with Crippen LogP contribution in [0.2, 0.25) is 0 Å². The van der Waals surface area contributed by atoms with Gasteiger partial charge in [0.2, 0.25) is 0 Å². The van der Waals surface area contributed by atoms with Gasteiger partial charge in [-0.05, 0) is 0 Å². The van der Waals surface area contributed by atoms with Crippen molar-refractivity contribution in [1.82, 2.24) is 20.6 Å². The number of tetrazole rings is 1. The minimum atomic E-state index is -3.86. The van der Waals surface area contributed by atoms with Gasteiger partial charge in [-0.2, -0.15) is 5.21 Å². The zero-order valence-corrected chi connectivity index (χ0v) is 13.9. The third-order valence-electron chi connectivity index (χ3n) is 1.38. The molecule has 14 heteroatoms. The summed E-state index contributed by atoms with van der Waals surface area (Å²) in [6, 6.07) is 0. The van der Waals surface area contributed by atoms with Crippen molar-refractivity contribution >= 4 is 0 Å². The van der Waals surface area contributed by atoms with Gasteiger partial charge in [0.05, 0.1) is 0 Å². The molecule has 0 aliphatic rings. The van der Waals surface area contributed by atoms with Crippen molar-refractivity contribution in [2.75, 3.05) is 0 Å². The van der Waals surface area contributed by atoms with Gasteiger partial charge in [0.25, 0.3) is 5.82 Å². The maximum atomic E-state index is 10.4. The topological polar surface area (TPSA) is 182 Å². The van der Waals surface area contributed by atoms with Crippen LogP contribution in [0.15, 0.2) is 0 Å². The van der Waals surface area contributed by atoms with E-state index >= 15 is 0 Å². The third-order valence-corrected chi connectivity index (χ3v) is 1.38. The smallest absolute Gasteiger partial charge is 0.315 e. The van der Waals surface area contributed by atoms with E-state index in [9.17, 15) is 30.3 Å². The van der Waals surface area contributed by atoms with E-state index in [2.05, 4.69) is 20.6 Å². The molecule has 0 atom stereocenters. The standard InChI is InChI=1S/C2N7O6.Cs/c10-7(11)2(8(12)13,9(14)15)1-3-5-6-4-1;/q-1;+1. The molecule has 16 heavy (non-hydrogen) atoms. The van der Waals surface area contributed by atoms with Crippen LogP contribution < -0.4 is 74.0 Å². The van der Waals surface area contributed by atoms with Gasteiger partial charge in [-0.25, -0.2) is 0 Å². The molecule has 0 fully saturated rings. The summed E-state index contributed by atoms with van der Waals surface area (Å²) in [5, 5.41) is 42.1. The van der Waals surface area contributed by atoms with Gasteiger partial charge in [0.1, 0.15) is 0 Å². The third kappa shape index (κ3) is 2.20. The van der Waals surface area contributed by atoms with E-state index in [1.807, 2.05) is 0 Å². The fraction of sp³-hybridized carbons (Fsp3) is 0.500. The van der Waals surface area contributed by atoms with Crippen LogP contribution in [0.4, 0.5) is 0 Å². The minimum absolute atomic E-state index is 0. The number of nitrogens with zero attached hydrogens (tertiary/aromatic N) is 7. The Hall–Kier alpha value is -0.678. The van der Waals surface area contributed by atoms with Gasteiger partial charge in [-0.1, -0.05) is 0 Å². The fourth-order valence-corrected chi connectivity index (χ4v) is 0.724. The van der Waals surface area contributed by atoms with Gasteiger partial charge in [-0.15, -0.1) is 0 Å². The Morgan fingerprint density at radius 2 is 1.50 bits per heavy atom. The van der Waals surface area contributed by atoms with Crippen LogP contribution in [0.5, 0.6) is 0 Å². The van der Waals surface area contributed by atoms with Crippen LogP contribution >= 0.6 is 0 Å². The van der Waals surface area contributed by atoms with E-state index < -0.39 is 26.4 Å². The molecule has 0 unspecified atom stereocenters. The monoisotopic (exact) mass is 351 g/mol. The number of aromatic nitrogens is 4. The molecule has 0 aromatic carbocycles. The Morgan fingerprint density at radius 1 is 1.06 bits per heavy atom. The molecule has 1 aromatic rings. The Morgan fingerprint density at radius 3 is 1.75 bits per heavy atom. The number of nitro groups is 3. The zero-order valence-electron chi connectivity index (χ0n) is 7.58. The fourth-order valence-electron chi connectivity index (χ4n) is 0.724. The SMILES string of the molecule is O=[N+]([O-])C(c1nnn[n-]1)([N+](=O)[O-])[N+](=O)[O-].[Cs+]. The number of hydrogen-bond acceptors (Lipinski definition) is 9. The first-order valence-corrected chi connectivity index (χ1v) is 3.06. The first-order chi connectivity index (χ1) is 6.94. The molecular formula is C2CsN7O6. The van der Waals surface area contributed by atoms with Gasteiger partial charge in [0, 0.05) is 0 Å². The molecular weight excluding hydrogens is 351 g/mol. The van der Waals surface area contributed by atoms with Gasteiger partial charge in [-0.3, -0.25) is 40.7 Å². The van der Waals surface area contributed by atoms with E-state index in [-0.39, 0.29) is 68.9 Å². The molecule has 0 amide bonds. The van der Waals surface area contributed by atoms with Crippen LogP contribution in [0.25, 0.3) is 0 Å². The summed E-state index contributed by atoms with van der Waals surface area (Å²) in [5.74, 6) is -5.16. The second kappa shape index (κ2) is 5.59. The van der Waals surface area contributed by atoms with Crippen LogP contribution in [-0.4, -0.2) is 30.3 Å². The van der Waals surface area contributed by atoms with E-state index in [1.165, 1.54) is 0 Å². The first kappa shape index (κ1) is 15.3. The van der Waals surface area contributed by atoms with Crippen molar-refractivity contribution in [2.24, 2.45) is 0 Å².